The van der Waals surface area contributed by atoms with E-state index in [9.17, 15) is 0 Å². The lowest BCUT2D eigenvalue weighted by Crippen LogP contribution is -1.81. The molecule has 0 spiro atoms. The predicted molar refractivity (Wildman–Crippen MR) is 78.7 cm³/mol. The summed E-state index contributed by atoms with van der Waals surface area (Å²) in [4.78, 5) is 0. The molecule has 0 amide bonds. The fourth-order valence-electron chi connectivity index (χ4n) is 1.41. The Balaban J connectivity index is 2.62. The summed E-state index contributed by atoms with van der Waals surface area (Å²) < 4.78 is 3.96. The smallest absolute Gasteiger partial charge is 0.00860 e. The van der Waals surface area contributed by atoms with Crippen LogP contribution in [0, 0.1) is 0 Å². The molecule has 1 rings (SSSR count). The quantitative estimate of drug-likeness (QED) is 0.457. The molecule has 0 saturated carbocycles. The normalized spacial score (nSPS) is 27.5. The second-order valence-electron chi connectivity index (χ2n) is 3.57. The van der Waals surface area contributed by atoms with E-state index < -0.39 is 0 Å². The summed E-state index contributed by atoms with van der Waals surface area (Å²) in [6.07, 6.45) is 13.5. The monoisotopic (exact) mass is 396 g/mol. The third-order valence-corrected chi connectivity index (χ3v) is 4.41. The number of halogens is 3. The Morgan fingerprint density at radius 2 is 0.867 bits per heavy atom. The molecular formula is C12H15Br3. The van der Waals surface area contributed by atoms with E-state index in [1.54, 1.807) is 0 Å². The minimum Gasteiger partial charge on any atom is -0.0740 e. The highest BCUT2D eigenvalue weighted by Crippen LogP contribution is 2.23. The first-order valence-corrected chi connectivity index (χ1v) is 7.60. The van der Waals surface area contributed by atoms with Crippen LogP contribution in [0.4, 0.5) is 0 Å². The highest BCUT2D eigenvalue weighted by atomic mass is 79.9. The average molecular weight is 399 g/mol. The zero-order valence-corrected chi connectivity index (χ0v) is 13.4. The molecule has 0 fully saturated rings. The minimum atomic E-state index is 1.11. The summed E-state index contributed by atoms with van der Waals surface area (Å²) >= 11 is 10.8. The van der Waals surface area contributed by atoms with Crippen molar-refractivity contribution in [3.05, 3.63) is 31.7 Å². The van der Waals surface area contributed by atoms with Crippen molar-refractivity contribution in [2.24, 2.45) is 0 Å². The van der Waals surface area contributed by atoms with E-state index in [1.165, 1.54) is 13.4 Å². The summed E-state index contributed by atoms with van der Waals surface area (Å²) in [7, 11) is 0. The summed E-state index contributed by atoms with van der Waals surface area (Å²) in [5.74, 6) is 0. The van der Waals surface area contributed by atoms with Gasteiger partial charge in [-0.1, -0.05) is 66.0 Å². The standard InChI is InChI=1S/C12H15Br3/c13-10-4-1-5-11(14)7-3-9-12(15)8-2-6-10/h4,7-8H,1-3,5-6,9H2/b10-4-,11-7-,12-8?. The van der Waals surface area contributed by atoms with Crippen LogP contribution in [0.25, 0.3) is 0 Å². The first-order chi connectivity index (χ1) is 7.18. The Morgan fingerprint density at radius 3 is 1.13 bits per heavy atom. The van der Waals surface area contributed by atoms with Gasteiger partial charge in [0, 0.05) is 0 Å². The van der Waals surface area contributed by atoms with Gasteiger partial charge in [0.25, 0.3) is 0 Å². The Kier molecular flexibility index (Phi) is 7.19. The van der Waals surface area contributed by atoms with Crippen LogP contribution in [-0.4, -0.2) is 0 Å². The Morgan fingerprint density at radius 1 is 0.600 bits per heavy atom. The first-order valence-electron chi connectivity index (χ1n) is 5.22. The summed E-state index contributed by atoms with van der Waals surface area (Å²) in [6, 6.07) is 0. The summed E-state index contributed by atoms with van der Waals surface area (Å²) in [5, 5.41) is 0. The lowest BCUT2D eigenvalue weighted by Gasteiger charge is -2.02. The minimum absolute atomic E-state index is 1.11. The van der Waals surface area contributed by atoms with Gasteiger partial charge in [0.2, 0.25) is 0 Å². The highest BCUT2D eigenvalue weighted by molar-refractivity contribution is 9.12. The van der Waals surface area contributed by atoms with E-state index in [4.69, 9.17) is 0 Å². The fourth-order valence-corrected chi connectivity index (χ4v) is 2.78. The van der Waals surface area contributed by atoms with Crippen LogP contribution in [0.2, 0.25) is 0 Å². The average Bonchev–Trinajstić information content (AvgIpc) is 2.16. The second kappa shape index (κ2) is 7.86. The van der Waals surface area contributed by atoms with Crippen molar-refractivity contribution in [3.63, 3.8) is 0 Å². The van der Waals surface area contributed by atoms with Crippen LogP contribution < -0.4 is 0 Å². The third kappa shape index (κ3) is 6.75. The molecule has 0 saturated heterocycles. The van der Waals surface area contributed by atoms with Crippen molar-refractivity contribution in [3.8, 4) is 0 Å². The van der Waals surface area contributed by atoms with E-state index in [-0.39, 0.29) is 0 Å². The van der Waals surface area contributed by atoms with Crippen LogP contribution in [0.3, 0.4) is 0 Å². The van der Waals surface area contributed by atoms with Gasteiger partial charge in [-0.3, -0.25) is 0 Å². The second-order valence-corrected chi connectivity index (χ2v) is 6.62. The Bertz CT molecular complexity index is 240. The van der Waals surface area contributed by atoms with Gasteiger partial charge < -0.3 is 0 Å². The molecule has 0 aromatic heterocycles. The van der Waals surface area contributed by atoms with Crippen molar-refractivity contribution >= 4 is 47.8 Å². The molecule has 0 unspecified atom stereocenters. The molecule has 0 atom stereocenters. The molecule has 0 aliphatic heterocycles. The molecule has 3 heteroatoms. The molecule has 0 aromatic rings. The van der Waals surface area contributed by atoms with E-state index >= 15 is 0 Å². The molecule has 0 N–H and O–H groups in total. The van der Waals surface area contributed by atoms with Crippen molar-refractivity contribution in [2.45, 2.75) is 38.5 Å². The van der Waals surface area contributed by atoms with Crippen LogP contribution in [-0.2, 0) is 0 Å². The van der Waals surface area contributed by atoms with E-state index in [2.05, 4.69) is 66.0 Å². The molecule has 15 heavy (non-hydrogen) atoms. The summed E-state index contributed by atoms with van der Waals surface area (Å²) in [5.41, 5.74) is 0. The van der Waals surface area contributed by atoms with Gasteiger partial charge in [-0.05, 0) is 52.0 Å². The maximum atomic E-state index is 3.60. The maximum absolute atomic E-state index is 3.60. The van der Waals surface area contributed by atoms with Crippen LogP contribution >= 0.6 is 47.8 Å². The maximum Gasteiger partial charge on any atom is -0.00860 e. The molecule has 1 aliphatic carbocycles. The van der Waals surface area contributed by atoms with Gasteiger partial charge in [-0.2, -0.15) is 0 Å². The van der Waals surface area contributed by atoms with Crippen molar-refractivity contribution < 1.29 is 0 Å². The molecule has 84 valence electrons. The molecule has 0 aromatic carbocycles. The molecular weight excluding hydrogens is 384 g/mol. The van der Waals surface area contributed by atoms with Crippen molar-refractivity contribution in [1.82, 2.24) is 0 Å². The predicted octanol–water partition coefficient (Wildman–Crippen LogP) is 6.18. The molecule has 1 aliphatic rings. The van der Waals surface area contributed by atoms with Gasteiger partial charge in [0.05, 0.1) is 0 Å². The van der Waals surface area contributed by atoms with Gasteiger partial charge in [0.1, 0.15) is 0 Å². The summed E-state index contributed by atoms with van der Waals surface area (Å²) in [6.45, 7) is 0. The van der Waals surface area contributed by atoms with Crippen LogP contribution in [0.15, 0.2) is 31.7 Å². The van der Waals surface area contributed by atoms with Gasteiger partial charge >= 0.3 is 0 Å². The number of rotatable bonds is 0. The van der Waals surface area contributed by atoms with Crippen molar-refractivity contribution in [2.75, 3.05) is 0 Å². The SMILES string of the molecule is BrC1=CCC/C(Br)=C/CC/C(Br)=C/CC1. The number of hydrogen-bond donors (Lipinski definition) is 0. The molecule has 0 radical (unpaired) electrons. The highest BCUT2D eigenvalue weighted by Gasteiger charge is 1.97. The lowest BCUT2D eigenvalue weighted by molar-refractivity contribution is 0.947. The Hall–Kier alpha value is 0.660. The van der Waals surface area contributed by atoms with Crippen LogP contribution in [0.1, 0.15) is 38.5 Å². The van der Waals surface area contributed by atoms with Gasteiger partial charge in [-0.15, -0.1) is 0 Å². The van der Waals surface area contributed by atoms with E-state index in [1.807, 2.05) is 0 Å². The fraction of sp³-hybridized carbons (Fsp3) is 0.500. The topological polar surface area (TPSA) is 0 Å². The zero-order chi connectivity index (χ0) is 11.1. The molecule has 0 bridgehead atoms. The zero-order valence-electron chi connectivity index (χ0n) is 8.61. The first kappa shape index (κ1) is 13.7. The van der Waals surface area contributed by atoms with Gasteiger partial charge in [0.15, 0.2) is 0 Å². The largest absolute Gasteiger partial charge is 0.0740 e. The third-order valence-electron chi connectivity index (χ3n) is 2.25. The van der Waals surface area contributed by atoms with Crippen molar-refractivity contribution in [1.29, 1.82) is 0 Å². The molecule has 0 nitrogen and oxygen atoms in total. The molecule has 0 heterocycles. The van der Waals surface area contributed by atoms with E-state index in [0.717, 1.165) is 38.5 Å². The Labute approximate surface area is 117 Å². The number of hydrogen-bond acceptors (Lipinski definition) is 0. The van der Waals surface area contributed by atoms with E-state index in [0.29, 0.717) is 0 Å². The van der Waals surface area contributed by atoms with Crippen LogP contribution in [0.5, 0.6) is 0 Å². The van der Waals surface area contributed by atoms with Gasteiger partial charge in [-0.25, -0.2) is 0 Å². The number of allylic oxidation sites excluding steroid dienone is 6. The lowest BCUT2D eigenvalue weighted by atomic mass is 10.1.